The second kappa shape index (κ2) is 16.4. The lowest BCUT2D eigenvalue weighted by molar-refractivity contribution is -0.134. The van der Waals surface area contributed by atoms with Crippen LogP contribution in [0.5, 0.6) is 5.75 Å². The smallest absolute Gasteiger partial charge is 0.414 e. The van der Waals surface area contributed by atoms with Crippen molar-refractivity contribution in [3.8, 4) is 5.75 Å². The molecule has 0 saturated heterocycles. The number of ether oxygens (including phenoxy) is 4. The van der Waals surface area contributed by atoms with Crippen molar-refractivity contribution in [2.45, 2.75) is 46.0 Å². The van der Waals surface area contributed by atoms with Gasteiger partial charge in [0.15, 0.2) is 0 Å². The van der Waals surface area contributed by atoms with Crippen LogP contribution < -0.4 is 20.7 Å². The summed E-state index contributed by atoms with van der Waals surface area (Å²) in [4.78, 5) is 54.0. The molecule has 3 amide bonds. The van der Waals surface area contributed by atoms with Crippen LogP contribution in [0.15, 0.2) is 102 Å². The van der Waals surface area contributed by atoms with Crippen LogP contribution in [-0.4, -0.2) is 42.4 Å². The minimum atomic E-state index is -0.841. The Hall–Kier alpha value is -5.91. The number of amides is 3. The Morgan fingerprint density at radius 1 is 0.702 bits per heavy atom. The molecule has 0 unspecified atom stereocenters. The first-order chi connectivity index (χ1) is 22.5. The van der Waals surface area contributed by atoms with Gasteiger partial charge in [-0.2, -0.15) is 0 Å². The van der Waals surface area contributed by atoms with Crippen molar-refractivity contribution >= 4 is 46.7 Å². The van der Waals surface area contributed by atoms with Crippen molar-refractivity contribution in [2.24, 2.45) is 4.99 Å². The lowest BCUT2D eigenvalue weighted by atomic mass is 10.1. The molecular formula is C35H36N4O8. The number of hydrogen-bond acceptors (Lipinski definition) is 9. The van der Waals surface area contributed by atoms with Crippen LogP contribution in [0, 0.1) is 0 Å². The average Bonchev–Trinajstić information content (AvgIpc) is 3.03. The van der Waals surface area contributed by atoms with Gasteiger partial charge in [0.1, 0.15) is 24.6 Å². The number of guanidine groups is 1. The van der Waals surface area contributed by atoms with Crippen LogP contribution in [0.25, 0.3) is 10.8 Å². The van der Waals surface area contributed by atoms with E-state index in [0.29, 0.717) is 16.5 Å². The molecule has 0 fully saturated rings. The Morgan fingerprint density at radius 3 is 1.87 bits per heavy atom. The van der Waals surface area contributed by atoms with Crippen LogP contribution in [0.4, 0.5) is 20.1 Å². The maximum atomic E-state index is 12.7. The van der Waals surface area contributed by atoms with Gasteiger partial charge in [0.05, 0.1) is 12.1 Å². The summed E-state index contributed by atoms with van der Waals surface area (Å²) in [5.74, 6) is -0.485. The average molecular weight is 641 g/mol. The van der Waals surface area contributed by atoms with E-state index in [2.05, 4.69) is 20.9 Å². The molecule has 47 heavy (non-hydrogen) atoms. The third-order valence-electron chi connectivity index (χ3n) is 6.16. The van der Waals surface area contributed by atoms with E-state index in [-0.39, 0.29) is 37.9 Å². The quantitative estimate of drug-likeness (QED) is 0.0616. The van der Waals surface area contributed by atoms with Gasteiger partial charge >= 0.3 is 24.2 Å². The van der Waals surface area contributed by atoms with E-state index >= 15 is 0 Å². The summed E-state index contributed by atoms with van der Waals surface area (Å²) in [5, 5.41) is 8.77. The number of rotatable bonds is 9. The molecule has 4 rings (SSSR count). The Morgan fingerprint density at radius 2 is 1.30 bits per heavy atom. The van der Waals surface area contributed by atoms with Gasteiger partial charge in [-0.15, -0.1) is 0 Å². The Balaban J connectivity index is 1.45. The molecule has 3 N–H and O–H groups in total. The van der Waals surface area contributed by atoms with Crippen molar-refractivity contribution in [2.75, 3.05) is 6.54 Å². The lowest BCUT2D eigenvalue weighted by Crippen LogP contribution is -2.44. The van der Waals surface area contributed by atoms with Crippen LogP contribution in [0.1, 0.15) is 38.3 Å². The maximum absolute atomic E-state index is 12.7. The van der Waals surface area contributed by atoms with E-state index in [0.717, 1.165) is 11.1 Å². The van der Waals surface area contributed by atoms with Gasteiger partial charge in [0, 0.05) is 11.9 Å². The highest BCUT2D eigenvalue weighted by Crippen LogP contribution is 2.29. The maximum Gasteiger partial charge on any atom is 0.414 e. The predicted octanol–water partition coefficient (Wildman–Crippen LogP) is 6.50. The summed E-state index contributed by atoms with van der Waals surface area (Å²) in [7, 11) is 0. The van der Waals surface area contributed by atoms with Gasteiger partial charge in [-0.05, 0) is 61.5 Å². The molecule has 4 aromatic rings. The molecule has 0 atom stereocenters. The molecule has 0 aliphatic carbocycles. The Kier molecular flexibility index (Phi) is 11.9. The van der Waals surface area contributed by atoms with Gasteiger partial charge in [0.25, 0.3) is 0 Å². The Bertz CT molecular complexity index is 1660. The number of benzene rings is 4. The van der Waals surface area contributed by atoms with Crippen molar-refractivity contribution in [1.29, 1.82) is 0 Å². The minimum absolute atomic E-state index is 0.00520. The third-order valence-corrected chi connectivity index (χ3v) is 6.16. The highest BCUT2D eigenvalue weighted by molar-refractivity contribution is 6.04. The van der Waals surface area contributed by atoms with E-state index in [4.69, 9.17) is 18.9 Å². The molecule has 244 valence electrons. The molecule has 0 heterocycles. The second-order valence-electron chi connectivity index (χ2n) is 11.1. The van der Waals surface area contributed by atoms with Gasteiger partial charge in [0.2, 0.25) is 5.96 Å². The minimum Gasteiger partial charge on any atom is -0.444 e. The molecule has 0 saturated carbocycles. The summed E-state index contributed by atoms with van der Waals surface area (Å²) < 4.78 is 21.2. The second-order valence-corrected chi connectivity index (χ2v) is 11.1. The monoisotopic (exact) mass is 640 g/mol. The summed E-state index contributed by atoms with van der Waals surface area (Å²) in [6.45, 7) is 5.29. The van der Waals surface area contributed by atoms with E-state index in [1.165, 1.54) is 0 Å². The fraction of sp³-hybridized carbons (Fsp3) is 0.229. The van der Waals surface area contributed by atoms with Gasteiger partial charge < -0.3 is 24.3 Å². The highest BCUT2D eigenvalue weighted by atomic mass is 16.6. The van der Waals surface area contributed by atoms with Crippen molar-refractivity contribution in [3.05, 3.63) is 108 Å². The molecule has 12 heteroatoms. The third kappa shape index (κ3) is 11.8. The van der Waals surface area contributed by atoms with Crippen molar-refractivity contribution < 1.29 is 38.1 Å². The number of carbonyl (C=O) groups excluding carboxylic acids is 4. The fourth-order valence-electron chi connectivity index (χ4n) is 4.09. The number of esters is 1. The normalized spacial score (nSPS) is 10.7. The van der Waals surface area contributed by atoms with Gasteiger partial charge in [-0.3, -0.25) is 15.4 Å². The van der Waals surface area contributed by atoms with Crippen LogP contribution in [0.3, 0.4) is 0 Å². The summed E-state index contributed by atoms with van der Waals surface area (Å²) in [6, 6.07) is 28.4. The molecule has 0 aromatic heterocycles. The fourth-order valence-corrected chi connectivity index (χ4v) is 4.09. The molecule has 0 aliphatic rings. The zero-order chi connectivity index (χ0) is 33.6. The topological polar surface area (TPSA) is 154 Å². The first kappa shape index (κ1) is 34.0. The first-order valence-corrected chi connectivity index (χ1v) is 14.8. The van der Waals surface area contributed by atoms with E-state index in [1.807, 2.05) is 60.7 Å². The van der Waals surface area contributed by atoms with E-state index < -0.39 is 29.9 Å². The van der Waals surface area contributed by atoms with E-state index in [9.17, 15) is 19.2 Å². The first-order valence-electron chi connectivity index (χ1n) is 14.8. The number of carbonyl (C=O) groups is 4. The summed E-state index contributed by atoms with van der Waals surface area (Å²) in [6.07, 6.45) is -2.37. The lowest BCUT2D eigenvalue weighted by Gasteiger charge is -2.19. The molecule has 0 aliphatic heterocycles. The molecule has 12 nitrogen and oxygen atoms in total. The van der Waals surface area contributed by atoms with Crippen LogP contribution in [0.2, 0.25) is 0 Å². The standard InChI is InChI=1S/C35H36N4O8/c1-35(2,3)47-32(41)36-20-19-30(40)46-27-17-18-28-26(21-27)15-10-16-29(28)37-31(38-33(42)44-22-24-11-6-4-7-12-24)39-34(43)45-23-25-13-8-5-9-14-25/h4-18,21H,19-20,22-23H2,1-3H3,(H,36,41)(H2,37,38,39,42,43). The number of aliphatic imine (C=N–C) groups is 1. The zero-order valence-corrected chi connectivity index (χ0v) is 26.3. The van der Waals surface area contributed by atoms with Crippen LogP contribution in [-0.2, 0) is 32.2 Å². The van der Waals surface area contributed by atoms with Gasteiger partial charge in [-0.25, -0.2) is 19.4 Å². The number of nitrogens with zero attached hydrogens (tertiary/aromatic N) is 1. The number of alkyl carbamates (subject to hydrolysis) is 3. The summed E-state index contributed by atoms with van der Waals surface area (Å²) in [5.41, 5.74) is 1.30. The van der Waals surface area contributed by atoms with E-state index in [1.54, 1.807) is 57.2 Å². The predicted molar refractivity (Wildman–Crippen MR) is 175 cm³/mol. The number of fused-ring (bicyclic) bond motifs is 1. The summed E-state index contributed by atoms with van der Waals surface area (Å²) >= 11 is 0. The number of nitrogens with one attached hydrogen (secondary N) is 3. The molecule has 4 aromatic carbocycles. The number of hydrogen-bond donors (Lipinski definition) is 3. The van der Waals surface area contributed by atoms with Crippen molar-refractivity contribution in [1.82, 2.24) is 16.0 Å². The molecular weight excluding hydrogens is 604 g/mol. The molecule has 0 bridgehead atoms. The highest BCUT2D eigenvalue weighted by Gasteiger charge is 2.17. The van der Waals surface area contributed by atoms with Crippen molar-refractivity contribution in [3.63, 3.8) is 0 Å². The Labute approximate surface area is 272 Å². The zero-order valence-electron chi connectivity index (χ0n) is 26.3. The molecule has 0 spiro atoms. The van der Waals surface area contributed by atoms with Gasteiger partial charge in [-0.1, -0.05) is 72.8 Å². The largest absolute Gasteiger partial charge is 0.444 e. The molecule has 0 radical (unpaired) electrons. The van der Waals surface area contributed by atoms with Crippen LogP contribution >= 0.6 is 0 Å². The SMILES string of the molecule is CC(C)(C)OC(=O)NCCC(=O)Oc1ccc2c(N=C(NC(=O)OCc3ccccc3)NC(=O)OCc3ccccc3)cccc2c1.